The molecule has 0 spiro atoms. The van der Waals surface area contributed by atoms with Crippen molar-refractivity contribution in [3.8, 4) is 0 Å². The Balaban J connectivity index is 2.12. The van der Waals surface area contributed by atoms with Crippen LogP contribution >= 0.6 is 0 Å². The van der Waals surface area contributed by atoms with Crippen LogP contribution in [0.25, 0.3) is 0 Å². The van der Waals surface area contributed by atoms with Crippen molar-refractivity contribution in [2.24, 2.45) is 5.73 Å². The zero-order valence-corrected chi connectivity index (χ0v) is 9.26. The van der Waals surface area contributed by atoms with Crippen LogP contribution in [0.4, 0.5) is 0 Å². The summed E-state index contributed by atoms with van der Waals surface area (Å²) in [5.41, 5.74) is 6.96. The van der Waals surface area contributed by atoms with Gasteiger partial charge in [0.15, 0.2) is 0 Å². The summed E-state index contributed by atoms with van der Waals surface area (Å²) in [6, 6.07) is 10.2. The zero-order valence-electron chi connectivity index (χ0n) is 9.26. The van der Waals surface area contributed by atoms with Crippen molar-refractivity contribution in [3.05, 3.63) is 47.7 Å². The summed E-state index contributed by atoms with van der Waals surface area (Å²) in [5, 5.41) is 7.84. The van der Waals surface area contributed by atoms with E-state index in [0.29, 0.717) is 18.3 Å². The van der Waals surface area contributed by atoms with E-state index in [0.717, 1.165) is 6.42 Å². The third kappa shape index (κ3) is 2.46. The highest BCUT2D eigenvalue weighted by molar-refractivity contribution is 5.17. The fourth-order valence-electron chi connectivity index (χ4n) is 1.65. The molecule has 0 saturated heterocycles. The van der Waals surface area contributed by atoms with Crippen molar-refractivity contribution in [2.75, 3.05) is 6.54 Å². The topological polar surface area (TPSA) is 64.9 Å². The lowest BCUT2D eigenvalue weighted by Gasteiger charge is -2.09. The Morgan fingerprint density at radius 1 is 1.25 bits per heavy atom. The fraction of sp³-hybridized carbons (Fsp3) is 0.333. The van der Waals surface area contributed by atoms with Crippen LogP contribution in [0.2, 0.25) is 0 Å². The van der Waals surface area contributed by atoms with Gasteiger partial charge in [0, 0.05) is 13.5 Å². The van der Waals surface area contributed by atoms with Crippen LogP contribution in [0.5, 0.6) is 0 Å². The second-order valence-electron chi connectivity index (χ2n) is 3.78. The predicted octanol–water partition coefficient (Wildman–Crippen LogP) is 1.66. The minimum atomic E-state index is 0.101. The van der Waals surface area contributed by atoms with Crippen molar-refractivity contribution < 1.29 is 4.42 Å². The molecule has 0 saturated carbocycles. The fourth-order valence-corrected chi connectivity index (χ4v) is 1.65. The molecule has 1 unspecified atom stereocenters. The summed E-state index contributed by atoms with van der Waals surface area (Å²) < 4.78 is 5.41. The third-order valence-corrected chi connectivity index (χ3v) is 2.50. The van der Waals surface area contributed by atoms with E-state index in [4.69, 9.17) is 10.2 Å². The molecule has 84 valence electrons. The lowest BCUT2D eigenvalue weighted by atomic mass is 9.99. The van der Waals surface area contributed by atoms with Gasteiger partial charge in [-0.1, -0.05) is 30.3 Å². The van der Waals surface area contributed by atoms with E-state index in [1.165, 1.54) is 5.56 Å². The number of nitrogens with zero attached hydrogens (tertiary/aromatic N) is 2. The van der Waals surface area contributed by atoms with Crippen LogP contribution in [0, 0.1) is 6.92 Å². The predicted molar refractivity (Wildman–Crippen MR) is 61.0 cm³/mol. The maximum absolute atomic E-state index is 5.73. The number of hydrogen-bond acceptors (Lipinski definition) is 4. The molecule has 0 aliphatic carbocycles. The van der Waals surface area contributed by atoms with Crippen LogP contribution in [0.1, 0.15) is 23.3 Å². The Hall–Kier alpha value is -1.68. The average molecular weight is 217 g/mol. The smallest absolute Gasteiger partial charge is 0.221 e. The monoisotopic (exact) mass is 217 g/mol. The maximum Gasteiger partial charge on any atom is 0.221 e. The van der Waals surface area contributed by atoms with Crippen molar-refractivity contribution >= 4 is 0 Å². The molecule has 2 aromatic rings. The molecular weight excluding hydrogens is 202 g/mol. The normalized spacial score (nSPS) is 12.6. The summed E-state index contributed by atoms with van der Waals surface area (Å²) >= 11 is 0. The van der Waals surface area contributed by atoms with Crippen LogP contribution in [-0.4, -0.2) is 16.7 Å². The largest absolute Gasteiger partial charge is 0.425 e. The second-order valence-corrected chi connectivity index (χ2v) is 3.78. The minimum Gasteiger partial charge on any atom is -0.425 e. The molecule has 4 nitrogen and oxygen atoms in total. The highest BCUT2D eigenvalue weighted by Gasteiger charge is 2.16. The molecule has 4 heteroatoms. The number of hydrogen-bond donors (Lipinski definition) is 1. The second kappa shape index (κ2) is 4.90. The van der Waals surface area contributed by atoms with Crippen molar-refractivity contribution in [3.63, 3.8) is 0 Å². The van der Waals surface area contributed by atoms with E-state index in [9.17, 15) is 0 Å². The average Bonchev–Trinajstić information content (AvgIpc) is 2.74. The van der Waals surface area contributed by atoms with Gasteiger partial charge in [0.05, 0.1) is 5.92 Å². The van der Waals surface area contributed by atoms with Gasteiger partial charge in [0.2, 0.25) is 11.8 Å². The summed E-state index contributed by atoms with van der Waals surface area (Å²) in [7, 11) is 0. The van der Waals surface area contributed by atoms with Gasteiger partial charge >= 0.3 is 0 Å². The first-order chi connectivity index (χ1) is 7.79. The molecule has 0 amide bonds. The molecular formula is C12H15N3O. The Morgan fingerprint density at radius 3 is 2.56 bits per heavy atom. The van der Waals surface area contributed by atoms with E-state index in [1.807, 2.05) is 18.2 Å². The van der Waals surface area contributed by atoms with Gasteiger partial charge in [-0.15, -0.1) is 10.2 Å². The van der Waals surface area contributed by atoms with Crippen LogP contribution in [0.15, 0.2) is 34.7 Å². The Kier molecular flexibility index (Phi) is 3.31. The van der Waals surface area contributed by atoms with E-state index < -0.39 is 0 Å². The number of rotatable bonds is 4. The lowest BCUT2D eigenvalue weighted by Crippen LogP contribution is -2.15. The van der Waals surface area contributed by atoms with Gasteiger partial charge in [0.1, 0.15) is 0 Å². The van der Waals surface area contributed by atoms with Crippen molar-refractivity contribution in [2.45, 2.75) is 19.3 Å². The van der Waals surface area contributed by atoms with E-state index >= 15 is 0 Å². The highest BCUT2D eigenvalue weighted by atomic mass is 16.4. The molecule has 0 aliphatic rings. The van der Waals surface area contributed by atoms with E-state index in [1.54, 1.807) is 6.92 Å². The lowest BCUT2D eigenvalue weighted by molar-refractivity contribution is 0.427. The van der Waals surface area contributed by atoms with Crippen LogP contribution in [-0.2, 0) is 6.42 Å². The molecule has 0 fully saturated rings. The Bertz CT molecular complexity index is 439. The number of aromatic nitrogens is 2. The van der Waals surface area contributed by atoms with Gasteiger partial charge in [-0.05, 0) is 12.0 Å². The molecule has 2 N–H and O–H groups in total. The van der Waals surface area contributed by atoms with Gasteiger partial charge < -0.3 is 10.2 Å². The standard InChI is InChI=1S/C12H15N3O/c1-9-14-15-12(16-9)11(8-13)7-10-5-3-2-4-6-10/h2-6,11H,7-8,13H2,1H3. The summed E-state index contributed by atoms with van der Waals surface area (Å²) in [5.74, 6) is 1.31. The van der Waals surface area contributed by atoms with Crippen LogP contribution < -0.4 is 5.73 Å². The summed E-state index contributed by atoms with van der Waals surface area (Å²) in [6.45, 7) is 2.29. The first kappa shape index (κ1) is 10.8. The third-order valence-electron chi connectivity index (χ3n) is 2.50. The Labute approximate surface area is 94.5 Å². The highest BCUT2D eigenvalue weighted by Crippen LogP contribution is 2.18. The SMILES string of the molecule is Cc1nnc(C(CN)Cc2ccccc2)o1. The van der Waals surface area contributed by atoms with E-state index in [-0.39, 0.29) is 5.92 Å². The molecule has 16 heavy (non-hydrogen) atoms. The first-order valence-corrected chi connectivity index (χ1v) is 5.33. The molecule has 0 bridgehead atoms. The molecule has 1 atom stereocenters. The number of aryl methyl sites for hydroxylation is 1. The van der Waals surface area contributed by atoms with Crippen LogP contribution in [0.3, 0.4) is 0 Å². The summed E-state index contributed by atoms with van der Waals surface area (Å²) in [4.78, 5) is 0. The molecule has 2 rings (SSSR count). The first-order valence-electron chi connectivity index (χ1n) is 5.33. The van der Waals surface area contributed by atoms with Gasteiger partial charge in [-0.3, -0.25) is 0 Å². The number of nitrogens with two attached hydrogens (primary N) is 1. The van der Waals surface area contributed by atoms with Crippen molar-refractivity contribution in [1.29, 1.82) is 0 Å². The van der Waals surface area contributed by atoms with Crippen molar-refractivity contribution in [1.82, 2.24) is 10.2 Å². The molecule has 0 aliphatic heterocycles. The Morgan fingerprint density at radius 2 is 2.00 bits per heavy atom. The molecule has 1 heterocycles. The van der Waals surface area contributed by atoms with Gasteiger partial charge in [0.25, 0.3) is 0 Å². The van der Waals surface area contributed by atoms with Gasteiger partial charge in [-0.25, -0.2) is 0 Å². The summed E-state index contributed by atoms with van der Waals surface area (Å²) in [6.07, 6.45) is 0.832. The number of benzene rings is 1. The molecule has 1 aromatic heterocycles. The maximum atomic E-state index is 5.73. The van der Waals surface area contributed by atoms with E-state index in [2.05, 4.69) is 22.3 Å². The molecule has 1 aromatic carbocycles. The quantitative estimate of drug-likeness (QED) is 0.846. The minimum absolute atomic E-state index is 0.101. The zero-order chi connectivity index (χ0) is 11.4. The van der Waals surface area contributed by atoms with Gasteiger partial charge in [-0.2, -0.15) is 0 Å². The molecule has 0 radical (unpaired) electrons.